The van der Waals surface area contributed by atoms with Crippen LogP contribution in [0.2, 0.25) is 0 Å². The Morgan fingerprint density at radius 2 is 1.40 bits per heavy atom. The summed E-state index contributed by atoms with van der Waals surface area (Å²) in [5.74, 6) is 0.873. The fraction of sp³-hybridized carbons (Fsp3) is 0.412. The molecule has 2 aromatic rings. The Kier molecular flexibility index (Phi) is 3.68. The third-order valence-electron chi connectivity index (χ3n) is 3.83. The minimum atomic E-state index is 0.873. The molecule has 1 aromatic heterocycles. The van der Waals surface area contributed by atoms with Gasteiger partial charge in [0.15, 0.2) is 0 Å². The van der Waals surface area contributed by atoms with Crippen LogP contribution in [0.4, 0.5) is 5.95 Å². The zero-order valence-corrected chi connectivity index (χ0v) is 12.3. The van der Waals surface area contributed by atoms with E-state index >= 15 is 0 Å². The van der Waals surface area contributed by atoms with E-state index < -0.39 is 0 Å². The van der Waals surface area contributed by atoms with Crippen LogP contribution in [0.15, 0.2) is 30.6 Å². The maximum absolute atomic E-state index is 4.55. The Labute approximate surface area is 120 Å². The molecular weight excluding hydrogens is 246 g/mol. The molecule has 3 nitrogen and oxygen atoms in total. The maximum Gasteiger partial charge on any atom is 0.225 e. The molecular formula is C17H21N3. The van der Waals surface area contributed by atoms with Gasteiger partial charge >= 0.3 is 0 Å². The lowest BCUT2D eigenvalue weighted by atomic mass is 10.0. The molecule has 1 aliphatic heterocycles. The van der Waals surface area contributed by atoms with Crippen LogP contribution in [0.1, 0.15) is 30.4 Å². The van der Waals surface area contributed by atoms with Crippen LogP contribution in [-0.2, 0) is 0 Å². The van der Waals surface area contributed by atoms with E-state index in [1.165, 1.54) is 36.0 Å². The van der Waals surface area contributed by atoms with Crippen molar-refractivity contribution in [1.29, 1.82) is 0 Å². The number of hydrogen-bond donors (Lipinski definition) is 0. The predicted molar refractivity (Wildman–Crippen MR) is 83.0 cm³/mol. The highest BCUT2D eigenvalue weighted by Gasteiger charge is 2.13. The molecule has 0 N–H and O–H groups in total. The number of hydrogen-bond acceptors (Lipinski definition) is 3. The largest absolute Gasteiger partial charge is 0.341 e. The van der Waals surface area contributed by atoms with Gasteiger partial charge in [0.25, 0.3) is 0 Å². The molecule has 1 aromatic carbocycles. The molecule has 1 saturated heterocycles. The summed E-state index contributed by atoms with van der Waals surface area (Å²) in [4.78, 5) is 11.4. The zero-order valence-electron chi connectivity index (χ0n) is 12.3. The first kappa shape index (κ1) is 13.1. The van der Waals surface area contributed by atoms with Gasteiger partial charge in [0.05, 0.1) is 0 Å². The lowest BCUT2D eigenvalue weighted by Crippen LogP contribution is -2.30. The van der Waals surface area contributed by atoms with Crippen molar-refractivity contribution in [2.24, 2.45) is 0 Å². The summed E-state index contributed by atoms with van der Waals surface area (Å²) in [6, 6.07) is 6.56. The van der Waals surface area contributed by atoms with Crippen molar-refractivity contribution in [2.45, 2.75) is 33.1 Å². The third-order valence-corrected chi connectivity index (χ3v) is 3.83. The Balaban J connectivity index is 1.85. The second-order valence-electron chi connectivity index (χ2n) is 5.70. The SMILES string of the molecule is Cc1cc(C)cc(-c2cnc(N3CCCCC3)nc2)c1. The molecule has 0 atom stereocenters. The van der Waals surface area contributed by atoms with E-state index in [0.29, 0.717) is 0 Å². The molecule has 0 saturated carbocycles. The quantitative estimate of drug-likeness (QED) is 0.829. The van der Waals surface area contributed by atoms with Gasteiger partial charge in [-0.1, -0.05) is 29.3 Å². The average Bonchev–Trinajstić information content (AvgIpc) is 2.47. The van der Waals surface area contributed by atoms with Crippen LogP contribution in [0.5, 0.6) is 0 Å². The molecule has 0 radical (unpaired) electrons. The summed E-state index contributed by atoms with van der Waals surface area (Å²) in [5, 5.41) is 0. The molecule has 0 bridgehead atoms. The van der Waals surface area contributed by atoms with Crippen molar-refractivity contribution < 1.29 is 0 Å². The Morgan fingerprint density at radius 1 is 0.800 bits per heavy atom. The van der Waals surface area contributed by atoms with Crippen LogP contribution in [0, 0.1) is 13.8 Å². The van der Waals surface area contributed by atoms with Gasteiger partial charge in [-0.2, -0.15) is 0 Å². The summed E-state index contributed by atoms with van der Waals surface area (Å²) in [6.07, 6.45) is 7.73. The molecule has 104 valence electrons. The van der Waals surface area contributed by atoms with E-state index in [0.717, 1.165) is 24.6 Å². The van der Waals surface area contributed by atoms with E-state index in [1.807, 2.05) is 12.4 Å². The van der Waals surface area contributed by atoms with Crippen molar-refractivity contribution >= 4 is 5.95 Å². The number of nitrogens with zero attached hydrogens (tertiary/aromatic N) is 3. The minimum Gasteiger partial charge on any atom is -0.341 e. The van der Waals surface area contributed by atoms with Crippen molar-refractivity contribution in [3.8, 4) is 11.1 Å². The van der Waals surface area contributed by atoms with E-state index in [1.54, 1.807) is 0 Å². The van der Waals surface area contributed by atoms with Gasteiger partial charge in [-0.15, -0.1) is 0 Å². The normalized spacial score (nSPS) is 15.4. The van der Waals surface area contributed by atoms with Gasteiger partial charge in [0.1, 0.15) is 0 Å². The lowest BCUT2D eigenvalue weighted by Gasteiger charge is -2.26. The smallest absolute Gasteiger partial charge is 0.225 e. The van der Waals surface area contributed by atoms with E-state index in [9.17, 15) is 0 Å². The first-order chi connectivity index (χ1) is 9.72. The lowest BCUT2D eigenvalue weighted by molar-refractivity contribution is 0.568. The van der Waals surface area contributed by atoms with Crippen LogP contribution in [0.25, 0.3) is 11.1 Å². The topological polar surface area (TPSA) is 29.0 Å². The Morgan fingerprint density at radius 3 is 2.00 bits per heavy atom. The van der Waals surface area contributed by atoms with Gasteiger partial charge in [0.2, 0.25) is 5.95 Å². The maximum atomic E-state index is 4.55. The molecule has 3 heteroatoms. The monoisotopic (exact) mass is 267 g/mol. The second-order valence-corrected chi connectivity index (χ2v) is 5.70. The van der Waals surface area contributed by atoms with Gasteiger partial charge in [0, 0.05) is 31.0 Å². The molecule has 0 spiro atoms. The molecule has 0 amide bonds. The van der Waals surface area contributed by atoms with Crippen molar-refractivity contribution in [2.75, 3.05) is 18.0 Å². The van der Waals surface area contributed by atoms with Crippen molar-refractivity contribution in [3.05, 3.63) is 41.7 Å². The van der Waals surface area contributed by atoms with Crippen molar-refractivity contribution in [1.82, 2.24) is 9.97 Å². The molecule has 2 heterocycles. The predicted octanol–water partition coefficient (Wildman–Crippen LogP) is 3.75. The summed E-state index contributed by atoms with van der Waals surface area (Å²) < 4.78 is 0. The van der Waals surface area contributed by atoms with E-state index in [2.05, 4.69) is 46.9 Å². The number of aryl methyl sites for hydroxylation is 2. The highest BCUT2D eigenvalue weighted by molar-refractivity contribution is 5.64. The number of rotatable bonds is 2. The van der Waals surface area contributed by atoms with Gasteiger partial charge < -0.3 is 4.90 Å². The van der Waals surface area contributed by atoms with Crippen LogP contribution >= 0.6 is 0 Å². The summed E-state index contributed by atoms with van der Waals surface area (Å²) in [6.45, 7) is 6.42. The summed E-state index contributed by atoms with van der Waals surface area (Å²) in [7, 11) is 0. The molecule has 1 fully saturated rings. The van der Waals surface area contributed by atoms with E-state index in [4.69, 9.17) is 0 Å². The van der Waals surface area contributed by atoms with Crippen LogP contribution < -0.4 is 4.90 Å². The molecule has 0 unspecified atom stereocenters. The fourth-order valence-electron chi connectivity index (χ4n) is 2.87. The summed E-state index contributed by atoms with van der Waals surface area (Å²) >= 11 is 0. The molecule has 3 rings (SSSR count). The third kappa shape index (κ3) is 2.82. The number of anilines is 1. The molecule has 20 heavy (non-hydrogen) atoms. The first-order valence-electron chi connectivity index (χ1n) is 7.38. The minimum absolute atomic E-state index is 0.873. The molecule has 1 aliphatic rings. The van der Waals surface area contributed by atoms with Crippen LogP contribution in [-0.4, -0.2) is 23.1 Å². The highest BCUT2D eigenvalue weighted by atomic mass is 15.2. The van der Waals surface area contributed by atoms with Crippen molar-refractivity contribution in [3.63, 3.8) is 0 Å². The van der Waals surface area contributed by atoms with Gasteiger partial charge in [-0.25, -0.2) is 9.97 Å². The highest BCUT2D eigenvalue weighted by Crippen LogP contribution is 2.22. The first-order valence-corrected chi connectivity index (χ1v) is 7.38. The fourth-order valence-corrected chi connectivity index (χ4v) is 2.87. The van der Waals surface area contributed by atoms with Crippen LogP contribution in [0.3, 0.4) is 0 Å². The summed E-state index contributed by atoms with van der Waals surface area (Å²) in [5.41, 5.74) is 4.85. The standard InChI is InChI=1S/C17H21N3/c1-13-8-14(2)10-15(9-13)16-11-18-17(19-12-16)20-6-4-3-5-7-20/h8-12H,3-7H2,1-2H3. The number of benzene rings is 1. The van der Waals surface area contributed by atoms with Gasteiger partial charge in [-0.3, -0.25) is 0 Å². The van der Waals surface area contributed by atoms with Gasteiger partial charge in [-0.05, 0) is 38.7 Å². The second kappa shape index (κ2) is 5.61. The average molecular weight is 267 g/mol. The Hall–Kier alpha value is -1.90. The number of piperidine rings is 1. The van der Waals surface area contributed by atoms with E-state index in [-0.39, 0.29) is 0 Å². The molecule has 0 aliphatic carbocycles. The Bertz CT molecular complexity index is 563. The zero-order chi connectivity index (χ0) is 13.9. The number of aromatic nitrogens is 2.